The van der Waals surface area contributed by atoms with E-state index in [0.717, 1.165) is 8.95 Å². The van der Waals surface area contributed by atoms with E-state index in [4.69, 9.17) is 0 Å². The molecule has 0 fully saturated rings. The third-order valence-corrected chi connectivity index (χ3v) is 5.67. The van der Waals surface area contributed by atoms with E-state index in [0.29, 0.717) is 33.2 Å². The number of hydrogen-bond donors (Lipinski definition) is 0. The molecular formula is C19H16Br4N2NiO2. The van der Waals surface area contributed by atoms with Gasteiger partial charge in [-0.3, -0.25) is 9.98 Å². The molecule has 9 heteroatoms. The Morgan fingerprint density at radius 1 is 0.786 bits per heavy atom. The summed E-state index contributed by atoms with van der Waals surface area (Å²) in [5, 5.41) is 24.1. The van der Waals surface area contributed by atoms with Crippen LogP contribution < -0.4 is 10.2 Å². The first-order valence-corrected chi connectivity index (χ1v) is 11.1. The van der Waals surface area contributed by atoms with Gasteiger partial charge < -0.3 is 10.2 Å². The van der Waals surface area contributed by atoms with E-state index in [1.54, 1.807) is 36.7 Å². The Balaban J connectivity index is 0.00000392. The molecule has 0 spiro atoms. The van der Waals surface area contributed by atoms with Crippen molar-refractivity contribution in [2.24, 2.45) is 15.4 Å². The van der Waals surface area contributed by atoms with Crippen LogP contribution in [-0.2, 0) is 16.5 Å². The molecule has 4 nitrogen and oxygen atoms in total. The van der Waals surface area contributed by atoms with Gasteiger partial charge in [0.05, 0.1) is 0 Å². The molecule has 0 atom stereocenters. The van der Waals surface area contributed by atoms with Crippen LogP contribution >= 0.6 is 63.7 Å². The van der Waals surface area contributed by atoms with Crippen LogP contribution in [0.1, 0.15) is 25.0 Å². The monoisotopic (exact) mass is 678 g/mol. The molecule has 0 unspecified atom stereocenters. The van der Waals surface area contributed by atoms with E-state index >= 15 is 0 Å². The smallest absolute Gasteiger partial charge is 0.871 e. The molecule has 2 aromatic carbocycles. The molecule has 0 aliphatic heterocycles. The van der Waals surface area contributed by atoms with Gasteiger partial charge in [0, 0.05) is 48.8 Å². The van der Waals surface area contributed by atoms with Gasteiger partial charge in [-0.15, -0.1) is 0 Å². The Hall–Kier alpha value is -0.206. The zero-order chi connectivity index (χ0) is 20.2. The quantitative estimate of drug-likeness (QED) is 0.301. The fraction of sp³-hybridized carbons (Fsp3) is 0.263. The SMILES string of the molecule is CC(C)(CN=Cc1cc(Br)cc(Br)c1[O-])CN=Cc1cc(Br)cc(Br)c1[O-].[Ni+2]. The summed E-state index contributed by atoms with van der Waals surface area (Å²) in [5.74, 6) is -0.193. The topological polar surface area (TPSA) is 70.8 Å². The van der Waals surface area contributed by atoms with Gasteiger partial charge in [0.2, 0.25) is 0 Å². The van der Waals surface area contributed by atoms with Crippen molar-refractivity contribution in [1.82, 2.24) is 0 Å². The van der Waals surface area contributed by atoms with Gasteiger partial charge in [-0.25, -0.2) is 0 Å². The number of rotatable bonds is 6. The minimum Gasteiger partial charge on any atom is -0.871 e. The van der Waals surface area contributed by atoms with Crippen LogP contribution in [0.15, 0.2) is 52.1 Å². The number of benzene rings is 2. The Morgan fingerprint density at radius 2 is 1.14 bits per heavy atom. The molecule has 0 amide bonds. The molecule has 152 valence electrons. The molecule has 2 rings (SSSR count). The van der Waals surface area contributed by atoms with Gasteiger partial charge >= 0.3 is 16.5 Å². The van der Waals surface area contributed by atoms with Crippen LogP contribution in [0, 0.1) is 5.41 Å². The van der Waals surface area contributed by atoms with Gasteiger partial charge in [0.25, 0.3) is 0 Å². The van der Waals surface area contributed by atoms with Crippen LogP contribution in [0.2, 0.25) is 0 Å². The van der Waals surface area contributed by atoms with E-state index < -0.39 is 0 Å². The Morgan fingerprint density at radius 3 is 1.50 bits per heavy atom. The fourth-order valence-electron chi connectivity index (χ4n) is 2.18. The van der Waals surface area contributed by atoms with E-state index in [1.165, 1.54) is 0 Å². The van der Waals surface area contributed by atoms with Crippen LogP contribution in [0.3, 0.4) is 0 Å². The van der Waals surface area contributed by atoms with Crippen molar-refractivity contribution in [2.75, 3.05) is 13.1 Å². The second-order valence-electron chi connectivity index (χ2n) is 6.72. The van der Waals surface area contributed by atoms with Crippen molar-refractivity contribution in [3.05, 3.63) is 53.3 Å². The average molecular weight is 683 g/mol. The van der Waals surface area contributed by atoms with E-state index in [1.807, 2.05) is 13.8 Å². The maximum Gasteiger partial charge on any atom is 2.00 e. The summed E-state index contributed by atoms with van der Waals surface area (Å²) in [6.07, 6.45) is 3.18. The maximum atomic E-state index is 12.1. The zero-order valence-corrected chi connectivity index (χ0v) is 22.2. The van der Waals surface area contributed by atoms with Crippen LogP contribution in [0.4, 0.5) is 0 Å². The van der Waals surface area contributed by atoms with Gasteiger partial charge in [-0.1, -0.05) is 89.1 Å². The molecule has 0 heterocycles. The van der Waals surface area contributed by atoms with Crippen LogP contribution in [-0.4, -0.2) is 25.5 Å². The molecule has 0 saturated heterocycles. The van der Waals surface area contributed by atoms with Gasteiger partial charge in [0.15, 0.2) is 0 Å². The second kappa shape index (κ2) is 11.3. The molecule has 0 bridgehead atoms. The van der Waals surface area contributed by atoms with Gasteiger partial charge in [-0.2, -0.15) is 0 Å². The largest absolute Gasteiger partial charge is 2.00 e. The molecule has 0 radical (unpaired) electrons. The number of hydrogen-bond acceptors (Lipinski definition) is 4. The summed E-state index contributed by atoms with van der Waals surface area (Å²) >= 11 is 13.2. The van der Waals surface area contributed by atoms with Crippen molar-refractivity contribution < 1.29 is 26.7 Å². The predicted octanol–water partition coefficient (Wildman–Crippen LogP) is 5.45. The first kappa shape index (κ1) is 25.8. The summed E-state index contributed by atoms with van der Waals surface area (Å²) in [6, 6.07) is 6.90. The summed E-state index contributed by atoms with van der Waals surface area (Å²) in [6.45, 7) is 5.07. The minimum absolute atomic E-state index is 0. The van der Waals surface area contributed by atoms with E-state index in [-0.39, 0.29) is 33.4 Å². The van der Waals surface area contributed by atoms with Crippen molar-refractivity contribution in [1.29, 1.82) is 0 Å². The molecule has 0 N–H and O–H groups in total. The third-order valence-electron chi connectivity index (χ3n) is 3.57. The Labute approximate surface area is 208 Å². The van der Waals surface area contributed by atoms with Crippen LogP contribution in [0.5, 0.6) is 11.5 Å². The zero-order valence-electron chi connectivity index (χ0n) is 14.9. The van der Waals surface area contributed by atoms with E-state index in [9.17, 15) is 10.2 Å². The summed E-state index contributed by atoms with van der Waals surface area (Å²) < 4.78 is 2.62. The Bertz CT molecular complexity index is 830. The Kier molecular flexibility index (Phi) is 10.4. The van der Waals surface area contributed by atoms with Crippen molar-refractivity contribution in [3.8, 4) is 11.5 Å². The second-order valence-corrected chi connectivity index (χ2v) is 10.3. The fourth-order valence-corrected chi connectivity index (χ4v) is 4.70. The molecule has 0 saturated carbocycles. The summed E-state index contributed by atoms with van der Waals surface area (Å²) in [7, 11) is 0. The molecule has 0 aliphatic carbocycles. The third kappa shape index (κ3) is 7.56. The maximum absolute atomic E-state index is 12.1. The predicted molar refractivity (Wildman–Crippen MR) is 121 cm³/mol. The number of halogens is 4. The standard InChI is InChI=1S/C19H18Br4N2O2.Ni/c1-19(2,9-24-7-11-3-13(20)5-15(22)17(11)26)10-25-8-12-4-14(21)6-16(23)18(12)27;/h3-8,26-27H,9-10H2,1-2H3;/q;+2/p-2. The summed E-state index contributed by atoms with van der Waals surface area (Å²) in [4.78, 5) is 8.82. The normalized spacial score (nSPS) is 11.9. The molecule has 2 aromatic rings. The van der Waals surface area contributed by atoms with Gasteiger partial charge in [0.1, 0.15) is 0 Å². The average Bonchev–Trinajstić information content (AvgIpc) is 2.56. The molecule has 0 aliphatic rings. The van der Waals surface area contributed by atoms with Crippen molar-refractivity contribution >= 4 is 76.1 Å². The molecular weight excluding hydrogens is 667 g/mol. The van der Waals surface area contributed by atoms with Crippen molar-refractivity contribution in [3.63, 3.8) is 0 Å². The molecule has 0 aromatic heterocycles. The van der Waals surface area contributed by atoms with Crippen LogP contribution in [0.25, 0.3) is 0 Å². The minimum atomic E-state index is -0.217. The first-order chi connectivity index (χ1) is 12.6. The number of nitrogens with zero attached hydrogens (tertiary/aromatic N) is 2. The van der Waals surface area contributed by atoms with E-state index in [2.05, 4.69) is 73.7 Å². The van der Waals surface area contributed by atoms with Crippen molar-refractivity contribution in [2.45, 2.75) is 13.8 Å². The van der Waals surface area contributed by atoms with Gasteiger partial charge in [-0.05, 0) is 35.4 Å². The molecule has 28 heavy (non-hydrogen) atoms. The summed E-state index contributed by atoms with van der Waals surface area (Å²) in [5.41, 5.74) is 0.821. The first-order valence-electron chi connectivity index (χ1n) is 7.91. The number of aliphatic imine (C=N–C) groups is 2.